The van der Waals surface area contributed by atoms with Crippen LogP contribution in [0.25, 0.3) is 0 Å². The van der Waals surface area contributed by atoms with E-state index in [9.17, 15) is 19.5 Å². The first-order valence-electron chi connectivity index (χ1n) is 17.1. The second kappa shape index (κ2) is 17.0. The fraction of sp³-hybridized carbons (Fsp3) is 0.657. The SMILES string of the molecule is Cc1noc(C)c1NC(=O)Nc1ccc2c(c1)C(=O)N([C@@H](C)CO)C[C@@H](C)[C@H](CN(C)C(=O)C1CCCCC1)OCCCC[C@@H](C)O2. The summed E-state index contributed by atoms with van der Waals surface area (Å²) in [6, 6.07) is 3.98. The summed E-state index contributed by atoms with van der Waals surface area (Å²) in [6.07, 6.45) is 7.20. The van der Waals surface area contributed by atoms with Crippen LogP contribution in [0, 0.1) is 25.7 Å². The maximum Gasteiger partial charge on any atom is 0.323 e. The van der Waals surface area contributed by atoms with Gasteiger partial charge in [-0.1, -0.05) is 31.3 Å². The molecule has 0 saturated heterocycles. The van der Waals surface area contributed by atoms with Gasteiger partial charge in [0.05, 0.1) is 30.4 Å². The quantitative estimate of drug-likeness (QED) is 0.341. The van der Waals surface area contributed by atoms with Crippen LogP contribution in [0.5, 0.6) is 5.75 Å². The summed E-state index contributed by atoms with van der Waals surface area (Å²) < 4.78 is 17.9. The number of carbonyl (C=O) groups is 3. The molecule has 4 amide bonds. The summed E-state index contributed by atoms with van der Waals surface area (Å²) >= 11 is 0. The van der Waals surface area contributed by atoms with Crippen LogP contribution in [-0.2, 0) is 9.53 Å². The standard InChI is InChI=1S/C35H53N5O7/c1-22-19-40(23(2)21-41)34(43)29-18-28(36-35(44)37-32-25(4)38-47-26(32)5)15-16-30(29)46-24(3)12-10-11-17-45-31(22)20-39(6)33(42)27-13-8-7-9-14-27/h15-16,18,22-24,27,31,41H,7-14,17,19-21H2,1-6H3,(H2,36,37,44)/t22-,23+,24-,31+/m1/s1. The minimum atomic E-state index is -0.511. The average molecular weight is 656 g/mol. The van der Waals surface area contributed by atoms with E-state index in [0.29, 0.717) is 41.7 Å². The van der Waals surface area contributed by atoms with Gasteiger partial charge in [-0.15, -0.1) is 0 Å². The molecule has 0 bridgehead atoms. The monoisotopic (exact) mass is 655 g/mol. The highest BCUT2D eigenvalue weighted by Gasteiger charge is 2.32. The molecule has 2 aromatic rings. The molecule has 1 aromatic heterocycles. The van der Waals surface area contributed by atoms with Crippen molar-refractivity contribution < 1.29 is 33.5 Å². The van der Waals surface area contributed by atoms with Crippen molar-refractivity contribution in [2.75, 3.05) is 44.0 Å². The number of fused-ring (bicyclic) bond motifs is 1. The van der Waals surface area contributed by atoms with Gasteiger partial charge in [-0.25, -0.2) is 4.79 Å². The van der Waals surface area contributed by atoms with Crippen molar-refractivity contribution in [3.05, 3.63) is 35.2 Å². The number of carbonyl (C=O) groups excluding carboxylic acids is 3. The highest BCUT2D eigenvalue weighted by Crippen LogP contribution is 2.30. The number of aliphatic hydroxyl groups is 1. The zero-order valence-electron chi connectivity index (χ0n) is 28.8. The Morgan fingerprint density at radius 3 is 2.49 bits per heavy atom. The Kier molecular flexibility index (Phi) is 13.1. The summed E-state index contributed by atoms with van der Waals surface area (Å²) in [5.41, 5.74) is 1.70. The van der Waals surface area contributed by atoms with Crippen molar-refractivity contribution in [2.24, 2.45) is 11.8 Å². The number of urea groups is 1. The van der Waals surface area contributed by atoms with E-state index in [1.165, 1.54) is 6.42 Å². The number of anilines is 2. The molecule has 1 aliphatic carbocycles. The first-order chi connectivity index (χ1) is 22.5. The van der Waals surface area contributed by atoms with Crippen molar-refractivity contribution >= 4 is 29.2 Å². The van der Waals surface area contributed by atoms with E-state index in [1.54, 1.807) is 48.8 Å². The fourth-order valence-corrected chi connectivity index (χ4v) is 6.42. The Morgan fingerprint density at radius 2 is 1.81 bits per heavy atom. The Bertz CT molecular complexity index is 1340. The average Bonchev–Trinajstić information content (AvgIpc) is 3.37. The molecule has 12 nitrogen and oxygen atoms in total. The summed E-state index contributed by atoms with van der Waals surface area (Å²) in [5.74, 6) is 0.622. The fourth-order valence-electron chi connectivity index (χ4n) is 6.42. The number of amides is 4. The van der Waals surface area contributed by atoms with E-state index < -0.39 is 12.1 Å². The van der Waals surface area contributed by atoms with Crippen LogP contribution in [-0.4, -0.2) is 89.5 Å². The first kappa shape index (κ1) is 36.2. The van der Waals surface area contributed by atoms with Gasteiger partial charge in [0.15, 0.2) is 5.76 Å². The van der Waals surface area contributed by atoms with Crippen LogP contribution >= 0.6 is 0 Å². The third-order valence-corrected chi connectivity index (χ3v) is 9.37. The summed E-state index contributed by atoms with van der Waals surface area (Å²) in [7, 11) is 1.85. The third-order valence-electron chi connectivity index (χ3n) is 9.37. The van der Waals surface area contributed by atoms with Crippen LogP contribution in [0.15, 0.2) is 22.7 Å². The number of aromatic nitrogens is 1. The number of rotatable bonds is 7. The van der Waals surface area contributed by atoms with Gasteiger partial charge < -0.3 is 39.5 Å². The first-order valence-corrected chi connectivity index (χ1v) is 17.1. The number of aryl methyl sites for hydroxylation is 2. The molecule has 260 valence electrons. The van der Waals surface area contributed by atoms with E-state index in [4.69, 9.17) is 14.0 Å². The molecular formula is C35H53N5O7. The van der Waals surface area contributed by atoms with Crippen LogP contribution < -0.4 is 15.4 Å². The van der Waals surface area contributed by atoms with Crippen LogP contribution in [0.4, 0.5) is 16.2 Å². The number of nitrogens with one attached hydrogen (secondary N) is 2. The van der Waals surface area contributed by atoms with Gasteiger partial charge in [-0.2, -0.15) is 0 Å². The Balaban J connectivity index is 1.59. The molecule has 1 saturated carbocycles. The molecule has 47 heavy (non-hydrogen) atoms. The molecule has 1 fully saturated rings. The maximum absolute atomic E-state index is 14.4. The van der Waals surface area contributed by atoms with E-state index in [2.05, 4.69) is 15.8 Å². The smallest absolute Gasteiger partial charge is 0.323 e. The third kappa shape index (κ3) is 9.70. The molecule has 4 rings (SSSR count). The largest absolute Gasteiger partial charge is 0.490 e. The predicted molar refractivity (Wildman–Crippen MR) is 180 cm³/mol. The van der Waals surface area contributed by atoms with Crippen LogP contribution in [0.2, 0.25) is 0 Å². The van der Waals surface area contributed by atoms with Gasteiger partial charge in [0.2, 0.25) is 5.91 Å². The number of hydrogen-bond donors (Lipinski definition) is 3. The Morgan fingerprint density at radius 1 is 1.09 bits per heavy atom. The van der Waals surface area contributed by atoms with Crippen molar-refractivity contribution in [1.29, 1.82) is 0 Å². The summed E-state index contributed by atoms with van der Waals surface area (Å²) in [4.78, 5) is 44.0. The van der Waals surface area contributed by atoms with Crippen molar-refractivity contribution in [3.8, 4) is 5.75 Å². The number of ether oxygens (including phenoxy) is 2. The van der Waals surface area contributed by atoms with Gasteiger partial charge in [0.25, 0.3) is 5.91 Å². The molecule has 0 spiro atoms. The van der Waals surface area contributed by atoms with E-state index in [1.807, 2.05) is 20.9 Å². The lowest BCUT2D eigenvalue weighted by Gasteiger charge is -2.36. The lowest BCUT2D eigenvalue weighted by molar-refractivity contribution is -0.137. The highest BCUT2D eigenvalue weighted by molar-refractivity contribution is 6.03. The molecule has 0 radical (unpaired) electrons. The van der Waals surface area contributed by atoms with Gasteiger partial charge in [0, 0.05) is 44.3 Å². The molecular weight excluding hydrogens is 602 g/mol. The Labute approximate surface area is 278 Å². The lowest BCUT2D eigenvalue weighted by Crippen LogP contribution is -2.48. The highest BCUT2D eigenvalue weighted by atomic mass is 16.5. The number of benzene rings is 1. The minimum absolute atomic E-state index is 0.0577. The Hall–Kier alpha value is -3.64. The second-order valence-corrected chi connectivity index (χ2v) is 13.3. The molecule has 0 unspecified atom stereocenters. The second-order valence-electron chi connectivity index (χ2n) is 13.3. The lowest BCUT2D eigenvalue weighted by atomic mass is 9.88. The van der Waals surface area contributed by atoms with E-state index in [-0.39, 0.29) is 54.6 Å². The normalized spacial score (nSPS) is 22.4. The molecule has 4 atom stereocenters. The van der Waals surface area contributed by atoms with Crippen molar-refractivity contribution in [2.45, 2.75) is 104 Å². The molecule has 1 aliphatic heterocycles. The molecule has 12 heteroatoms. The molecule has 3 N–H and O–H groups in total. The maximum atomic E-state index is 14.4. The van der Waals surface area contributed by atoms with E-state index >= 15 is 0 Å². The molecule has 1 aromatic carbocycles. The number of likely N-dealkylation sites (N-methyl/N-ethyl adjacent to an activating group) is 1. The zero-order valence-corrected chi connectivity index (χ0v) is 28.8. The zero-order chi connectivity index (χ0) is 34.1. The topological polar surface area (TPSA) is 146 Å². The number of aliphatic hydroxyl groups excluding tert-OH is 1. The molecule has 2 aliphatic rings. The van der Waals surface area contributed by atoms with Crippen molar-refractivity contribution in [1.82, 2.24) is 15.0 Å². The predicted octanol–water partition coefficient (Wildman–Crippen LogP) is 5.77. The van der Waals surface area contributed by atoms with Gasteiger partial charge >= 0.3 is 6.03 Å². The number of hydrogen-bond acceptors (Lipinski definition) is 8. The summed E-state index contributed by atoms with van der Waals surface area (Å²) in [5, 5.41) is 19.7. The van der Waals surface area contributed by atoms with E-state index in [0.717, 1.165) is 44.9 Å². The number of nitrogens with zero attached hydrogens (tertiary/aromatic N) is 3. The summed E-state index contributed by atoms with van der Waals surface area (Å²) in [6.45, 7) is 10.2. The molecule has 2 heterocycles. The van der Waals surface area contributed by atoms with Crippen LogP contribution in [0.1, 0.15) is 93.9 Å². The van der Waals surface area contributed by atoms with Gasteiger partial charge in [-0.05, 0) is 78.0 Å². The van der Waals surface area contributed by atoms with Crippen molar-refractivity contribution in [3.63, 3.8) is 0 Å². The van der Waals surface area contributed by atoms with Gasteiger partial charge in [0.1, 0.15) is 17.1 Å². The van der Waals surface area contributed by atoms with Crippen LogP contribution in [0.3, 0.4) is 0 Å². The minimum Gasteiger partial charge on any atom is -0.490 e. The van der Waals surface area contributed by atoms with Gasteiger partial charge in [-0.3, -0.25) is 9.59 Å².